The molecule has 3 heterocycles. The van der Waals surface area contributed by atoms with Crippen molar-refractivity contribution in [3.05, 3.63) is 64.2 Å². The van der Waals surface area contributed by atoms with Gasteiger partial charge in [0.25, 0.3) is 5.71 Å². The maximum Gasteiger partial charge on any atom is 0.339 e. The van der Waals surface area contributed by atoms with Crippen LogP contribution in [0.5, 0.6) is 5.75 Å². The molecule has 0 aliphatic rings. The van der Waals surface area contributed by atoms with Crippen LogP contribution in [0.25, 0.3) is 21.7 Å². The minimum Gasteiger partial charge on any atom is -0.493 e. The van der Waals surface area contributed by atoms with E-state index in [9.17, 15) is 9.59 Å². The molecule has 0 unspecified atom stereocenters. The highest BCUT2D eigenvalue weighted by Crippen LogP contribution is 2.30. The van der Waals surface area contributed by atoms with Crippen molar-refractivity contribution < 1.29 is 23.6 Å². The van der Waals surface area contributed by atoms with Gasteiger partial charge in [0.2, 0.25) is 0 Å². The number of aromatic nitrogens is 2. The van der Waals surface area contributed by atoms with Gasteiger partial charge in [0.1, 0.15) is 12.4 Å². The molecule has 3 aromatic heterocycles. The Bertz CT molecular complexity index is 1260. The number of ether oxygens (including phenoxy) is 2. The van der Waals surface area contributed by atoms with Crippen molar-refractivity contribution in [3.63, 3.8) is 0 Å². The minimum absolute atomic E-state index is 0.0439. The largest absolute Gasteiger partial charge is 0.493 e. The Morgan fingerprint density at radius 2 is 2.03 bits per heavy atom. The second-order valence-electron chi connectivity index (χ2n) is 6.87. The van der Waals surface area contributed by atoms with Crippen LogP contribution in [-0.2, 0) is 11.3 Å². The third-order valence-corrected chi connectivity index (χ3v) is 5.63. The van der Waals surface area contributed by atoms with E-state index in [-0.39, 0.29) is 18.1 Å². The molecule has 0 atom stereocenters. The summed E-state index contributed by atoms with van der Waals surface area (Å²) in [5.41, 5.74) is 2.92. The van der Waals surface area contributed by atoms with Crippen molar-refractivity contribution in [3.8, 4) is 16.3 Å². The molecule has 4 rings (SSSR count). The first-order valence-electron chi connectivity index (χ1n) is 9.72. The number of pyridine rings is 1. The minimum atomic E-state index is -0.535. The molecule has 1 aromatic carbocycles. The van der Waals surface area contributed by atoms with Crippen molar-refractivity contribution in [2.45, 2.75) is 27.4 Å². The zero-order valence-electron chi connectivity index (χ0n) is 17.3. The van der Waals surface area contributed by atoms with Gasteiger partial charge in [-0.2, -0.15) is 0 Å². The zero-order valence-corrected chi connectivity index (χ0v) is 18.1. The van der Waals surface area contributed by atoms with Gasteiger partial charge in [-0.05, 0) is 56.5 Å². The van der Waals surface area contributed by atoms with Crippen LogP contribution in [0.3, 0.4) is 0 Å². The molecule has 0 amide bonds. The van der Waals surface area contributed by atoms with E-state index in [0.717, 1.165) is 4.88 Å². The number of carbonyl (C=O) groups excluding carboxylic acids is 2. The summed E-state index contributed by atoms with van der Waals surface area (Å²) in [6.07, 6.45) is 0. The smallest absolute Gasteiger partial charge is 0.339 e. The van der Waals surface area contributed by atoms with Crippen LogP contribution in [0, 0.1) is 6.92 Å². The van der Waals surface area contributed by atoms with Crippen molar-refractivity contribution >= 4 is 34.2 Å². The van der Waals surface area contributed by atoms with Crippen LogP contribution in [0.15, 0.2) is 46.3 Å². The number of hydrogen-bond donors (Lipinski definition) is 0. The second-order valence-corrected chi connectivity index (χ2v) is 7.82. The lowest BCUT2D eigenvalue weighted by Crippen LogP contribution is -2.09. The molecule has 0 radical (unpaired) electrons. The van der Waals surface area contributed by atoms with Gasteiger partial charge < -0.3 is 14.0 Å². The molecule has 0 spiro atoms. The molecule has 158 valence electrons. The standard InChI is InChI=1S/C23H20N2O5S/c1-4-28-19-8-7-15(14(3)26)10-16(19)12-29-23(27)17-11-18(20-6-5-9-31-20)24-22-21(17)13(2)25-30-22/h5-11H,4,12H2,1-3H3. The van der Waals surface area contributed by atoms with Gasteiger partial charge >= 0.3 is 5.97 Å². The van der Waals surface area contributed by atoms with Gasteiger partial charge in [-0.25, -0.2) is 9.78 Å². The maximum absolute atomic E-state index is 13.1. The predicted molar refractivity (Wildman–Crippen MR) is 117 cm³/mol. The molecular weight excluding hydrogens is 416 g/mol. The number of nitrogens with zero attached hydrogens (tertiary/aromatic N) is 2. The van der Waals surface area contributed by atoms with E-state index < -0.39 is 5.97 Å². The zero-order chi connectivity index (χ0) is 22.0. The number of rotatable bonds is 7. The highest BCUT2D eigenvalue weighted by atomic mass is 32.1. The Labute approximate surface area is 182 Å². The van der Waals surface area contributed by atoms with Crippen molar-refractivity contribution in [2.24, 2.45) is 0 Å². The van der Waals surface area contributed by atoms with Crippen LogP contribution in [0.2, 0.25) is 0 Å². The molecule has 8 heteroatoms. The molecule has 31 heavy (non-hydrogen) atoms. The highest BCUT2D eigenvalue weighted by Gasteiger charge is 2.21. The van der Waals surface area contributed by atoms with Crippen molar-refractivity contribution in [1.29, 1.82) is 0 Å². The van der Waals surface area contributed by atoms with E-state index in [1.54, 1.807) is 31.2 Å². The summed E-state index contributed by atoms with van der Waals surface area (Å²) in [6, 6.07) is 10.6. The number of fused-ring (bicyclic) bond motifs is 1. The Hall–Kier alpha value is -3.52. The molecular formula is C23H20N2O5S. The summed E-state index contributed by atoms with van der Waals surface area (Å²) in [5.74, 6) is -0.0417. The van der Waals surface area contributed by atoms with Gasteiger partial charge in [-0.1, -0.05) is 11.2 Å². The first-order chi connectivity index (χ1) is 15.0. The normalized spacial score (nSPS) is 10.9. The fourth-order valence-corrected chi connectivity index (χ4v) is 3.92. The van der Waals surface area contributed by atoms with Crippen LogP contribution >= 0.6 is 11.3 Å². The molecule has 4 aromatic rings. The molecule has 0 N–H and O–H groups in total. The van der Waals surface area contributed by atoms with Crippen molar-refractivity contribution in [2.75, 3.05) is 6.61 Å². The summed E-state index contributed by atoms with van der Waals surface area (Å²) >= 11 is 1.51. The van der Waals surface area contributed by atoms with Crippen LogP contribution in [0.4, 0.5) is 0 Å². The molecule has 0 saturated carbocycles. The first-order valence-corrected chi connectivity index (χ1v) is 10.6. The Morgan fingerprint density at radius 3 is 2.74 bits per heavy atom. The van der Waals surface area contributed by atoms with Gasteiger partial charge in [0, 0.05) is 11.1 Å². The van der Waals surface area contributed by atoms with E-state index in [1.807, 2.05) is 24.4 Å². The van der Waals surface area contributed by atoms with E-state index in [1.165, 1.54) is 18.3 Å². The van der Waals surface area contributed by atoms with Gasteiger partial charge in [-0.15, -0.1) is 11.3 Å². The van der Waals surface area contributed by atoms with Crippen LogP contribution < -0.4 is 4.74 Å². The molecule has 0 saturated heterocycles. The number of aryl methyl sites for hydroxylation is 1. The highest BCUT2D eigenvalue weighted by molar-refractivity contribution is 7.13. The predicted octanol–water partition coefficient (Wildman–Crippen LogP) is 5.22. The maximum atomic E-state index is 13.1. The fourth-order valence-electron chi connectivity index (χ4n) is 3.23. The van der Waals surface area contributed by atoms with Crippen LogP contribution in [-0.4, -0.2) is 28.5 Å². The Kier molecular flexibility index (Phi) is 5.81. The quantitative estimate of drug-likeness (QED) is 0.290. The van der Waals surface area contributed by atoms with Gasteiger partial charge in [-0.3, -0.25) is 4.79 Å². The summed E-state index contributed by atoms with van der Waals surface area (Å²) in [7, 11) is 0. The van der Waals surface area contributed by atoms with E-state index >= 15 is 0 Å². The molecule has 0 bridgehead atoms. The number of ketones is 1. The van der Waals surface area contributed by atoms with E-state index in [0.29, 0.717) is 45.8 Å². The third-order valence-electron chi connectivity index (χ3n) is 4.74. The lowest BCUT2D eigenvalue weighted by Gasteiger charge is -2.12. The molecule has 7 nitrogen and oxygen atoms in total. The Balaban J connectivity index is 1.67. The van der Waals surface area contributed by atoms with E-state index in [2.05, 4.69) is 10.1 Å². The number of hydrogen-bond acceptors (Lipinski definition) is 8. The van der Waals surface area contributed by atoms with Crippen molar-refractivity contribution in [1.82, 2.24) is 10.1 Å². The topological polar surface area (TPSA) is 91.5 Å². The summed E-state index contributed by atoms with van der Waals surface area (Å²) in [5, 5.41) is 6.40. The fraction of sp³-hybridized carbons (Fsp3) is 0.217. The number of thiophene rings is 1. The molecule has 0 fully saturated rings. The Morgan fingerprint density at radius 1 is 1.19 bits per heavy atom. The number of carbonyl (C=O) groups is 2. The van der Waals surface area contributed by atoms with Crippen LogP contribution in [0.1, 0.15) is 45.8 Å². The SMILES string of the molecule is CCOc1ccc(C(C)=O)cc1COC(=O)c1cc(-c2cccs2)nc2onc(C)c12. The average molecular weight is 436 g/mol. The molecule has 0 aliphatic carbocycles. The number of Topliss-reactive ketones (excluding diaryl/α,β-unsaturated/α-hetero) is 1. The summed E-state index contributed by atoms with van der Waals surface area (Å²) < 4.78 is 16.5. The lowest BCUT2D eigenvalue weighted by molar-refractivity contribution is 0.0472. The summed E-state index contributed by atoms with van der Waals surface area (Å²) in [4.78, 5) is 30.2. The number of esters is 1. The monoisotopic (exact) mass is 436 g/mol. The average Bonchev–Trinajstić information content (AvgIpc) is 3.42. The second kappa shape index (κ2) is 8.69. The summed E-state index contributed by atoms with van der Waals surface area (Å²) in [6.45, 7) is 5.51. The first kappa shape index (κ1) is 20.7. The third kappa shape index (κ3) is 4.20. The van der Waals surface area contributed by atoms with Gasteiger partial charge in [0.15, 0.2) is 5.78 Å². The number of benzene rings is 1. The lowest BCUT2D eigenvalue weighted by atomic mass is 10.1. The molecule has 0 aliphatic heterocycles. The van der Waals surface area contributed by atoms with Gasteiger partial charge in [0.05, 0.1) is 33.8 Å². The van der Waals surface area contributed by atoms with E-state index in [4.69, 9.17) is 14.0 Å².